The molecule has 8 heteroatoms. The van der Waals surface area contributed by atoms with Crippen molar-refractivity contribution in [1.82, 2.24) is 10.6 Å². The fraction of sp³-hybridized carbons (Fsp3) is 0.500. The lowest BCUT2D eigenvalue weighted by atomic mass is 10.2. The first-order valence-electron chi connectivity index (χ1n) is 8.78. The first kappa shape index (κ1) is 18.2. The number of urea groups is 1. The highest BCUT2D eigenvalue weighted by molar-refractivity contribution is 5.98. The Morgan fingerprint density at radius 3 is 2.42 bits per heavy atom. The molecule has 1 heterocycles. The topological polar surface area (TPSA) is 97.0 Å². The number of amides is 3. The first-order valence-corrected chi connectivity index (χ1v) is 8.78. The third kappa shape index (κ3) is 4.95. The molecule has 0 spiro atoms. The van der Waals surface area contributed by atoms with Crippen molar-refractivity contribution in [2.45, 2.75) is 31.9 Å². The summed E-state index contributed by atoms with van der Waals surface area (Å²) in [6.07, 6.45) is 0.783. The van der Waals surface area contributed by atoms with Gasteiger partial charge in [-0.05, 0) is 44.0 Å². The molecule has 26 heavy (non-hydrogen) atoms. The Labute approximate surface area is 151 Å². The second-order valence-corrected chi connectivity index (χ2v) is 6.43. The van der Waals surface area contributed by atoms with Crippen LogP contribution in [0.4, 0.5) is 10.5 Å². The lowest BCUT2D eigenvalue weighted by molar-refractivity contribution is -0.127. The summed E-state index contributed by atoms with van der Waals surface area (Å²) in [5, 5.41) is 4.81. The Balaban J connectivity index is 1.49. The zero-order valence-electron chi connectivity index (χ0n) is 14.7. The highest BCUT2D eigenvalue weighted by atomic mass is 16.5. The zero-order chi connectivity index (χ0) is 18.5. The van der Waals surface area contributed by atoms with Gasteiger partial charge in [0.15, 0.2) is 6.10 Å². The maximum absolute atomic E-state index is 12.2. The molecular formula is C18H23N3O5. The smallest absolute Gasteiger partial charge is 0.338 e. The largest absolute Gasteiger partial charge is 0.449 e. The summed E-state index contributed by atoms with van der Waals surface area (Å²) in [6, 6.07) is 6.60. The van der Waals surface area contributed by atoms with E-state index in [0.717, 1.165) is 31.6 Å². The van der Waals surface area contributed by atoms with Gasteiger partial charge in [-0.15, -0.1) is 0 Å². The zero-order valence-corrected chi connectivity index (χ0v) is 14.7. The molecule has 2 N–H and O–H groups in total. The molecule has 0 radical (unpaired) electrons. The fourth-order valence-electron chi connectivity index (χ4n) is 2.57. The molecule has 1 atom stereocenters. The number of rotatable bonds is 5. The van der Waals surface area contributed by atoms with E-state index in [9.17, 15) is 14.4 Å². The number of carbonyl (C=O) groups excluding carboxylic acids is 3. The lowest BCUT2D eigenvalue weighted by Gasteiger charge is -2.28. The number of hydrogen-bond donors (Lipinski definition) is 2. The first-order chi connectivity index (χ1) is 12.5. The number of morpholine rings is 1. The van der Waals surface area contributed by atoms with E-state index in [0.29, 0.717) is 18.8 Å². The molecule has 3 amide bonds. The summed E-state index contributed by atoms with van der Waals surface area (Å²) in [4.78, 5) is 37.8. The van der Waals surface area contributed by atoms with Crippen LogP contribution in [0.15, 0.2) is 24.3 Å². The molecular weight excluding hydrogens is 338 g/mol. The van der Waals surface area contributed by atoms with Gasteiger partial charge in [0, 0.05) is 24.8 Å². The second-order valence-electron chi connectivity index (χ2n) is 6.43. The number of ether oxygens (including phenoxy) is 2. The van der Waals surface area contributed by atoms with Gasteiger partial charge in [0.2, 0.25) is 0 Å². The minimum atomic E-state index is -1.06. The van der Waals surface area contributed by atoms with E-state index in [1.54, 1.807) is 12.1 Å². The third-order valence-electron chi connectivity index (χ3n) is 4.28. The Hall–Kier alpha value is -2.61. The van der Waals surface area contributed by atoms with E-state index >= 15 is 0 Å². The lowest BCUT2D eigenvalue weighted by Crippen LogP contribution is -2.45. The van der Waals surface area contributed by atoms with Crippen LogP contribution in [-0.4, -0.2) is 56.4 Å². The minimum Gasteiger partial charge on any atom is -0.449 e. The van der Waals surface area contributed by atoms with Crippen molar-refractivity contribution < 1.29 is 23.9 Å². The van der Waals surface area contributed by atoms with Gasteiger partial charge in [0.25, 0.3) is 5.91 Å². The van der Waals surface area contributed by atoms with Crippen molar-refractivity contribution in [2.75, 3.05) is 31.2 Å². The van der Waals surface area contributed by atoms with Crippen LogP contribution in [0.25, 0.3) is 0 Å². The van der Waals surface area contributed by atoms with Gasteiger partial charge in [-0.3, -0.25) is 10.1 Å². The predicted molar refractivity (Wildman–Crippen MR) is 94.0 cm³/mol. The van der Waals surface area contributed by atoms with Gasteiger partial charge in [0.05, 0.1) is 18.8 Å². The second kappa shape index (κ2) is 8.18. The highest BCUT2D eigenvalue weighted by Gasteiger charge is 2.26. The summed E-state index contributed by atoms with van der Waals surface area (Å²) in [5.41, 5.74) is 1.36. The van der Waals surface area contributed by atoms with Crippen LogP contribution in [0.1, 0.15) is 30.1 Å². The van der Waals surface area contributed by atoms with Gasteiger partial charge in [-0.2, -0.15) is 0 Å². The van der Waals surface area contributed by atoms with Crippen LogP contribution < -0.4 is 15.5 Å². The molecule has 1 saturated heterocycles. The van der Waals surface area contributed by atoms with Gasteiger partial charge in [0.1, 0.15) is 0 Å². The van der Waals surface area contributed by atoms with Crippen LogP contribution in [0.2, 0.25) is 0 Å². The number of nitrogens with zero attached hydrogens (tertiary/aromatic N) is 1. The number of hydrogen-bond acceptors (Lipinski definition) is 6. The normalized spacial score (nSPS) is 18.0. The molecule has 0 aromatic heterocycles. The molecule has 0 bridgehead atoms. The molecule has 3 rings (SSSR count). The summed E-state index contributed by atoms with van der Waals surface area (Å²) in [5.74, 6) is -1.26. The van der Waals surface area contributed by atoms with E-state index < -0.39 is 24.0 Å². The molecule has 1 aliphatic heterocycles. The predicted octanol–water partition coefficient (Wildman–Crippen LogP) is 1.06. The van der Waals surface area contributed by atoms with E-state index in [1.807, 2.05) is 12.1 Å². The van der Waals surface area contributed by atoms with Gasteiger partial charge in [-0.1, -0.05) is 0 Å². The van der Waals surface area contributed by atoms with Crippen LogP contribution in [-0.2, 0) is 14.3 Å². The van der Waals surface area contributed by atoms with Gasteiger partial charge in [-0.25, -0.2) is 9.59 Å². The number of carbonyl (C=O) groups is 3. The molecule has 1 unspecified atom stereocenters. The Morgan fingerprint density at radius 1 is 1.15 bits per heavy atom. The maximum Gasteiger partial charge on any atom is 0.338 e. The molecule has 140 valence electrons. The summed E-state index contributed by atoms with van der Waals surface area (Å²) in [7, 11) is 0. The molecule has 1 aromatic carbocycles. The minimum absolute atomic E-state index is 0.144. The van der Waals surface area contributed by atoms with Crippen molar-refractivity contribution in [2.24, 2.45) is 0 Å². The summed E-state index contributed by atoms with van der Waals surface area (Å²) >= 11 is 0. The average molecular weight is 361 g/mol. The highest BCUT2D eigenvalue weighted by Crippen LogP contribution is 2.18. The van der Waals surface area contributed by atoms with Crippen molar-refractivity contribution >= 4 is 23.6 Å². The average Bonchev–Trinajstić information content (AvgIpc) is 3.46. The van der Waals surface area contributed by atoms with Gasteiger partial charge < -0.3 is 19.7 Å². The third-order valence-corrected chi connectivity index (χ3v) is 4.28. The molecule has 1 aliphatic carbocycles. The number of nitrogens with one attached hydrogen (secondary N) is 2. The van der Waals surface area contributed by atoms with E-state index in [2.05, 4.69) is 15.5 Å². The Bertz CT molecular complexity index is 666. The van der Waals surface area contributed by atoms with E-state index in [-0.39, 0.29) is 6.04 Å². The number of esters is 1. The van der Waals surface area contributed by atoms with Crippen LogP contribution in [0, 0.1) is 0 Å². The van der Waals surface area contributed by atoms with E-state index in [4.69, 9.17) is 9.47 Å². The Morgan fingerprint density at radius 2 is 1.81 bits per heavy atom. The SMILES string of the molecule is CC(OC(=O)c1ccc(N2CCOCC2)cc1)C(=O)NC(=O)NC1CC1. The monoisotopic (exact) mass is 361 g/mol. The molecule has 1 aromatic rings. The van der Waals surface area contributed by atoms with Crippen LogP contribution in [0.3, 0.4) is 0 Å². The summed E-state index contributed by atoms with van der Waals surface area (Å²) in [6.45, 7) is 4.42. The van der Waals surface area contributed by atoms with Crippen molar-refractivity contribution in [1.29, 1.82) is 0 Å². The maximum atomic E-state index is 12.2. The van der Waals surface area contributed by atoms with Crippen molar-refractivity contribution in [3.63, 3.8) is 0 Å². The molecule has 1 saturated carbocycles. The number of benzene rings is 1. The van der Waals surface area contributed by atoms with Crippen molar-refractivity contribution in [3.05, 3.63) is 29.8 Å². The van der Waals surface area contributed by atoms with Crippen LogP contribution >= 0.6 is 0 Å². The molecule has 8 nitrogen and oxygen atoms in total. The number of anilines is 1. The standard InChI is InChI=1S/C18H23N3O5/c1-12(16(22)20-18(24)19-14-4-5-14)26-17(23)13-2-6-15(7-3-13)21-8-10-25-11-9-21/h2-3,6-7,12,14H,4-5,8-11H2,1H3,(H2,19,20,22,24). The summed E-state index contributed by atoms with van der Waals surface area (Å²) < 4.78 is 10.5. The van der Waals surface area contributed by atoms with E-state index in [1.165, 1.54) is 6.92 Å². The van der Waals surface area contributed by atoms with Crippen molar-refractivity contribution in [3.8, 4) is 0 Å². The molecule has 2 aliphatic rings. The quantitative estimate of drug-likeness (QED) is 0.761. The number of imide groups is 1. The van der Waals surface area contributed by atoms with Gasteiger partial charge >= 0.3 is 12.0 Å². The Kier molecular flexibility index (Phi) is 5.72. The van der Waals surface area contributed by atoms with Crippen LogP contribution in [0.5, 0.6) is 0 Å². The molecule has 2 fully saturated rings. The fourth-order valence-corrected chi connectivity index (χ4v) is 2.57.